The molecule has 1 aromatic carbocycles. The molecule has 0 fully saturated rings. The van der Waals surface area contributed by atoms with E-state index < -0.39 is 96.2 Å². The fourth-order valence-corrected chi connectivity index (χ4v) is 2.36. The number of hydrogen-bond acceptors (Lipinski definition) is 4. The van der Waals surface area contributed by atoms with Crippen molar-refractivity contribution in [1.82, 2.24) is 10.2 Å². The molecule has 1 aliphatic rings. The number of nitrogens with one attached hydrogen (secondary N) is 1. The van der Waals surface area contributed by atoms with E-state index in [4.69, 9.17) is 11.0 Å². The number of benzene rings is 1. The van der Waals surface area contributed by atoms with Crippen molar-refractivity contribution in [3.05, 3.63) is 35.3 Å². The quantitative estimate of drug-likeness (QED) is 0.796. The highest BCUT2D eigenvalue weighted by Crippen LogP contribution is 2.25. The maximum absolute atomic E-state index is 13.2. The van der Waals surface area contributed by atoms with Crippen LogP contribution in [-0.4, -0.2) is 47.3 Å². The van der Waals surface area contributed by atoms with Crippen LogP contribution < -0.4 is 5.32 Å². The van der Waals surface area contributed by atoms with Gasteiger partial charge in [-0.2, -0.15) is 0 Å². The van der Waals surface area contributed by atoms with E-state index in [9.17, 15) is 19.5 Å². The number of hydrogen-bond donors (Lipinski definition) is 2. The van der Waals surface area contributed by atoms with Gasteiger partial charge in [0.15, 0.2) is 5.78 Å². The Kier molecular flexibility index (Phi) is 3.73. The zero-order chi connectivity index (χ0) is 26.5. The van der Waals surface area contributed by atoms with Crippen LogP contribution in [0.15, 0.2) is 24.2 Å². The number of rotatable bonds is 6. The van der Waals surface area contributed by atoms with Crippen LogP contribution >= 0.6 is 0 Å². The predicted molar refractivity (Wildman–Crippen MR) is 98.3 cm³/mol. The number of carbonyl (C=O) groups is 3. The minimum atomic E-state index is -2.83. The molecule has 2 N–H and O–H groups in total. The number of carbonyl (C=O) groups excluding carboxylic acids is 3. The number of nitrogens with zero attached hydrogens (tertiary/aromatic N) is 1. The van der Waals surface area contributed by atoms with Crippen LogP contribution in [0, 0.1) is 11.8 Å². The molecule has 0 saturated heterocycles. The Hall–Kier alpha value is -2.21. The molecular formula is C20H28N2O4. The third-order valence-electron chi connectivity index (χ3n) is 4.01. The molecule has 0 aliphatic carbocycles. The van der Waals surface area contributed by atoms with Crippen LogP contribution in [-0.2, 0) is 20.8 Å². The largest absolute Gasteiger partial charge is 0.385 e. The second-order valence-electron chi connectivity index (χ2n) is 6.52. The summed E-state index contributed by atoms with van der Waals surface area (Å²) in [5, 5.41) is 12.2. The van der Waals surface area contributed by atoms with E-state index >= 15 is 0 Å². The molecule has 2 amide bonds. The average molecular weight is 369 g/mol. The summed E-state index contributed by atoms with van der Waals surface area (Å²) in [5.41, 5.74) is -1.33. The van der Waals surface area contributed by atoms with Gasteiger partial charge in [-0.25, -0.2) is 0 Å². The van der Waals surface area contributed by atoms with E-state index in [1.165, 1.54) is 27.8 Å². The summed E-state index contributed by atoms with van der Waals surface area (Å²) in [6.45, 7) is 3.54. The fourth-order valence-electron chi connectivity index (χ4n) is 2.36. The van der Waals surface area contributed by atoms with Gasteiger partial charge in [-0.3, -0.25) is 14.4 Å². The van der Waals surface area contributed by atoms with Crippen molar-refractivity contribution in [3.8, 4) is 0 Å². The lowest BCUT2D eigenvalue weighted by Crippen LogP contribution is -2.43. The molecule has 6 nitrogen and oxygen atoms in total. The maximum Gasteiger partial charge on any atom is 0.249 e. The second kappa shape index (κ2) is 8.45. The Balaban J connectivity index is 2.61. The van der Waals surface area contributed by atoms with Gasteiger partial charge in [0, 0.05) is 28.7 Å². The number of ketones is 1. The smallest absolute Gasteiger partial charge is 0.249 e. The fraction of sp³-hybridized carbons (Fsp3) is 0.550. The van der Waals surface area contributed by atoms with Crippen molar-refractivity contribution in [2.75, 3.05) is 13.6 Å². The normalized spacial score (nSPS) is 29.9. The molecule has 0 spiro atoms. The Morgan fingerprint density at radius 1 is 1.46 bits per heavy atom. The number of likely N-dealkylation sites (N-methyl/N-ethyl adjacent to an activating group) is 1. The molecule has 142 valence electrons. The Bertz CT molecular complexity index is 1050. The molecule has 0 aromatic heterocycles. The third kappa shape index (κ3) is 4.49. The average Bonchev–Trinajstić information content (AvgIpc) is 2.77. The van der Waals surface area contributed by atoms with Crippen LogP contribution in [0.2, 0.25) is 0 Å². The van der Waals surface area contributed by atoms with Gasteiger partial charge >= 0.3 is 0 Å². The number of Topliss-reactive ketones (excluding diaryl/α,β-unsaturated/α-hetero) is 1. The monoisotopic (exact) mass is 368 g/mol. The molecular weight excluding hydrogens is 332 g/mol. The predicted octanol–water partition coefficient (Wildman–Crippen LogP) is 1.47. The summed E-state index contributed by atoms with van der Waals surface area (Å²) in [6, 6.07) is -5.99. The zero-order valence-electron chi connectivity index (χ0n) is 23.2. The first kappa shape index (κ1) is 11.5. The van der Waals surface area contributed by atoms with Gasteiger partial charge in [0.25, 0.3) is 0 Å². The lowest BCUT2D eigenvalue weighted by molar-refractivity contribution is -0.137. The van der Waals surface area contributed by atoms with Crippen LogP contribution in [0.5, 0.6) is 0 Å². The molecule has 1 heterocycles. The van der Waals surface area contributed by atoms with Crippen LogP contribution in [0.4, 0.5) is 0 Å². The van der Waals surface area contributed by atoms with E-state index in [0.717, 1.165) is 4.90 Å². The van der Waals surface area contributed by atoms with Gasteiger partial charge in [0.1, 0.15) is 12.1 Å². The van der Waals surface area contributed by atoms with Gasteiger partial charge in [-0.15, -0.1) is 0 Å². The Morgan fingerprint density at radius 3 is 2.77 bits per heavy atom. The van der Waals surface area contributed by atoms with Crippen molar-refractivity contribution >= 4 is 17.6 Å². The van der Waals surface area contributed by atoms with Crippen molar-refractivity contribution in [2.45, 2.75) is 45.7 Å². The van der Waals surface area contributed by atoms with Gasteiger partial charge in [-0.1, -0.05) is 44.9 Å². The van der Waals surface area contributed by atoms with Crippen molar-refractivity contribution in [2.24, 2.45) is 11.8 Å². The molecule has 0 bridgehead atoms. The van der Waals surface area contributed by atoms with Gasteiger partial charge in [0.05, 0.1) is 8.22 Å². The van der Waals surface area contributed by atoms with E-state index in [-0.39, 0.29) is 0 Å². The molecule has 0 radical (unpaired) electrons. The molecule has 0 unspecified atom stereocenters. The second-order valence-corrected chi connectivity index (χ2v) is 6.52. The van der Waals surface area contributed by atoms with E-state index in [0.29, 0.717) is 0 Å². The van der Waals surface area contributed by atoms with E-state index in [1.807, 2.05) is 0 Å². The van der Waals surface area contributed by atoms with Crippen molar-refractivity contribution < 1.29 is 30.5 Å². The Morgan fingerprint density at radius 2 is 2.12 bits per heavy atom. The summed E-state index contributed by atoms with van der Waals surface area (Å²) in [4.78, 5) is 39.3. The maximum atomic E-state index is 13.2. The van der Waals surface area contributed by atoms with Gasteiger partial charge in [-0.05, 0) is 23.4 Å². The summed E-state index contributed by atoms with van der Waals surface area (Å²) in [6.07, 6.45) is -5.51. The highest BCUT2D eigenvalue weighted by Gasteiger charge is 2.32. The summed E-state index contributed by atoms with van der Waals surface area (Å²) in [5.74, 6) is -5.09. The highest BCUT2D eigenvalue weighted by molar-refractivity contribution is 5.92. The minimum absolute atomic E-state index is 0.593. The molecule has 2 rings (SSSR count). The van der Waals surface area contributed by atoms with Crippen LogP contribution in [0.1, 0.15) is 55.3 Å². The number of amides is 2. The number of fused-ring (bicyclic) bond motifs is 1. The lowest BCUT2D eigenvalue weighted by atomic mass is 9.94. The van der Waals surface area contributed by atoms with E-state index in [1.54, 1.807) is 0 Å². The molecule has 6 heteroatoms. The summed E-state index contributed by atoms with van der Waals surface area (Å²) >= 11 is 0. The summed E-state index contributed by atoms with van der Waals surface area (Å²) < 4.78 is 65.7. The first-order chi connectivity index (χ1) is 15.3. The number of aliphatic hydroxyl groups is 1. The molecule has 3 atom stereocenters. The first-order valence-electron chi connectivity index (χ1n) is 12.2. The molecule has 0 saturated carbocycles. The van der Waals surface area contributed by atoms with E-state index in [2.05, 4.69) is 5.32 Å². The Labute approximate surface area is 165 Å². The SMILES string of the molecule is [2H]c1c([2H])c([2H])c2c(c1[2H])C([2H])([2H])CN(C)C(=O)[C@@]2([2H])NC(=O)[C@H](C)CC(=O)[C@@]([2H])(O)C(C)C. The van der Waals surface area contributed by atoms with Crippen molar-refractivity contribution in [1.29, 1.82) is 0 Å². The highest BCUT2D eigenvalue weighted by atomic mass is 16.3. The van der Waals surface area contributed by atoms with Gasteiger partial charge < -0.3 is 15.3 Å². The molecule has 1 aliphatic heterocycles. The zero-order valence-corrected chi connectivity index (χ0v) is 15.2. The molecule has 26 heavy (non-hydrogen) atoms. The van der Waals surface area contributed by atoms with Gasteiger partial charge in [0.2, 0.25) is 11.8 Å². The minimum Gasteiger partial charge on any atom is -0.385 e. The molecule has 1 aromatic rings. The summed E-state index contributed by atoms with van der Waals surface area (Å²) in [7, 11) is 1.17. The lowest BCUT2D eigenvalue weighted by Gasteiger charge is -2.24. The first-order valence-corrected chi connectivity index (χ1v) is 8.25. The van der Waals surface area contributed by atoms with Crippen LogP contribution in [0.3, 0.4) is 0 Å². The third-order valence-corrected chi connectivity index (χ3v) is 4.01. The standard InChI is InChI=1S/C20H28N2O4/c1-12(2)18(24)16(23)11-13(3)19(25)21-17-15-8-6-5-7-14(15)9-10-22(4)20(17)26/h5-8,12-13,17-18,24H,9-11H2,1-4H3,(H,21,25)/t13-,17+,18+/m1/s1/i5D,6D,7D,8D,9D2,17D,18D. The van der Waals surface area contributed by atoms with Crippen LogP contribution in [0.25, 0.3) is 0 Å². The van der Waals surface area contributed by atoms with Crippen molar-refractivity contribution in [3.63, 3.8) is 0 Å². The topological polar surface area (TPSA) is 86.7 Å².